The largest absolute Gasteiger partial charge is 0.490 e. The number of hydrogen-bond donors (Lipinski definition) is 1. The van der Waals surface area contributed by atoms with E-state index in [9.17, 15) is 9.50 Å². The van der Waals surface area contributed by atoms with Gasteiger partial charge < -0.3 is 14.7 Å². The second-order valence-electron chi connectivity index (χ2n) is 5.14. The number of ether oxygens (including phenoxy) is 1. The summed E-state index contributed by atoms with van der Waals surface area (Å²) in [6.07, 6.45) is 2.55. The van der Waals surface area contributed by atoms with Gasteiger partial charge in [-0.2, -0.15) is 0 Å². The van der Waals surface area contributed by atoms with E-state index in [1.54, 1.807) is 12.1 Å². The Morgan fingerprint density at radius 3 is 2.79 bits per heavy atom. The molecule has 0 amide bonds. The summed E-state index contributed by atoms with van der Waals surface area (Å²) in [5.74, 6) is 0.341. The molecule has 0 radical (unpaired) electrons. The van der Waals surface area contributed by atoms with Gasteiger partial charge in [-0.05, 0) is 31.4 Å². The number of aliphatic hydroxyl groups is 1. The fraction of sp³-hybridized carbons (Fsp3) is 0.600. The van der Waals surface area contributed by atoms with Gasteiger partial charge in [-0.15, -0.1) is 0 Å². The summed E-state index contributed by atoms with van der Waals surface area (Å²) in [6.45, 7) is 4.59. The van der Waals surface area contributed by atoms with Crippen LogP contribution in [0.1, 0.15) is 26.2 Å². The Bertz CT molecular complexity index is 391. The normalized spacial score (nSPS) is 19.3. The van der Waals surface area contributed by atoms with Crippen LogP contribution in [0.2, 0.25) is 0 Å². The summed E-state index contributed by atoms with van der Waals surface area (Å²) >= 11 is 0. The molecule has 1 N–H and O–H groups in total. The molecule has 0 saturated carbocycles. The molecule has 1 atom stereocenters. The van der Waals surface area contributed by atoms with Crippen LogP contribution < -0.4 is 4.74 Å². The van der Waals surface area contributed by atoms with E-state index in [-0.39, 0.29) is 18.0 Å². The number of hydrogen-bond acceptors (Lipinski definition) is 3. The van der Waals surface area contributed by atoms with Crippen molar-refractivity contribution in [2.75, 3.05) is 19.6 Å². The second kappa shape index (κ2) is 6.87. The fourth-order valence-corrected chi connectivity index (χ4v) is 2.37. The van der Waals surface area contributed by atoms with E-state index in [1.165, 1.54) is 12.1 Å². The third kappa shape index (κ3) is 4.48. The molecule has 0 unspecified atom stereocenters. The van der Waals surface area contributed by atoms with Crippen LogP contribution in [-0.2, 0) is 0 Å². The Morgan fingerprint density at radius 2 is 2.16 bits per heavy atom. The Hall–Kier alpha value is -1.13. The molecule has 4 heteroatoms. The quantitative estimate of drug-likeness (QED) is 0.889. The topological polar surface area (TPSA) is 32.7 Å². The van der Waals surface area contributed by atoms with Gasteiger partial charge in [0, 0.05) is 25.7 Å². The van der Waals surface area contributed by atoms with Crippen LogP contribution in [0.4, 0.5) is 4.39 Å². The fourth-order valence-electron chi connectivity index (χ4n) is 2.37. The lowest BCUT2D eigenvalue weighted by atomic mass is 10.1. The summed E-state index contributed by atoms with van der Waals surface area (Å²) in [5.41, 5.74) is 0. The third-order valence-electron chi connectivity index (χ3n) is 3.57. The first-order valence-corrected chi connectivity index (χ1v) is 7.00. The van der Waals surface area contributed by atoms with E-state index < -0.39 is 0 Å². The molecule has 1 heterocycles. The van der Waals surface area contributed by atoms with Crippen LogP contribution in [0.3, 0.4) is 0 Å². The van der Waals surface area contributed by atoms with Crippen molar-refractivity contribution in [3.63, 3.8) is 0 Å². The molecule has 3 nitrogen and oxygen atoms in total. The molecule has 1 fully saturated rings. The molecule has 1 saturated heterocycles. The van der Waals surface area contributed by atoms with Gasteiger partial charge in [-0.25, -0.2) is 4.39 Å². The van der Waals surface area contributed by atoms with E-state index in [1.807, 2.05) is 6.92 Å². The van der Waals surface area contributed by atoms with Gasteiger partial charge in [0.05, 0.1) is 6.10 Å². The van der Waals surface area contributed by atoms with Crippen molar-refractivity contribution in [1.29, 1.82) is 0 Å². The molecule has 0 spiro atoms. The number of benzene rings is 1. The maximum absolute atomic E-state index is 13.0. The van der Waals surface area contributed by atoms with Crippen LogP contribution in [0, 0.1) is 5.82 Å². The van der Waals surface area contributed by atoms with Crippen molar-refractivity contribution >= 4 is 0 Å². The van der Waals surface area contributed by atoms with Crippen molar-refractivity contribution < 1.29 is 14.2 Å². The average molecular weight is 267 g/mol. The van der Waals surface area contributed by atoms with E-state index in [2.05, 4.69) is 4.90 Å². The van der Waals surface area contributed by atoms with Gasteiger partial charge in [-0.3, -0.25) is 0 Å². The van der Waals surface area contributed by atoms with E-state index in [4.69, 9.17) is 4.74 Å². The predicted octanol–water partition coefficient (Wildman–Crippen LogP) is 2.44. The lowest BCUT2D eigenvalue weighted by Gasteiger charge is -2.33. The number of rotatable bonds is 5. The number of halogens is 1. The lowest BCUT2D eigenvalue weighted by molar-refractivity contribution is 0.0599. The van der Waals surface area contributed by atoms with Crippen molar-refractivity contribution in [3.8, 4) is 5.75 Å². The van der Waals surface area contributed by atoms with Crippen molar-refractivity contribution in [1.82, 2.24) is 4.90 Å². The number of β-amino-alcohol motifs (C(OH)–C–C–N with tert-alkyl or cyclic N) is 1. The highest BCUT2D eigenvalue weighted by Gasteiger charge is 2.21. The molecular formula is C15H22FNO2. The Balaban J connectivity index is 1.77. The standard InChI is InChI=1S/C15H22FNO2/c1-2-13(18)11-17-8-6-14(7-9-17)19-15-5-3-4-12(16)10-15/h3-5,10,13-14,18H,2,6-9,11H2,1H3/t13-/m1/s1. The van der Waals surface area contributed by atoms with E-state index in [0.717, 1.165) is 38.9 Å². The summed E-state index contributed by atoms with van der Waals surface area (Å²) < 4.78 is 18.8. The van der Waals surface area contributed by atoms with Gasteiger partial charge in [0.25, 0.3) is 0 Å². The molecule has 1 aromatic rings. The second-order valence-corrected chi connectivity index (χ2v) is 5.14. The summed E-state index contributed by atoms with van der Waals surface area (Å²) in [5, 5.41) is 9.63. The minimum absolute atomic E-state index is 0.150. The Labute approximate surface area is 114 Å². The highest BCUT2D eigenvalue weighted by atomic mass is 19.1. The minimum atomic E-state index is -0.263. The van der Waals surface area contributed by atoms with Gasteiger partial charge in [0.1, 0.15) is 17.7 Å². The predicted molar refractivity (Wildman–Crippen MR) is 72.8 cm³/mol. The van der Waals surface area contributed by atoms with Crippen molar-refractivity contribution in [2.24, 2.45) is 0 Å². The Morgan fingerprint density at radius 1 is 1.42 bits per heavy atom. The van der Waals surface area contributed by atoms with Gasteiger partial charge in [-0.1, -0.05) is 13.0 Å². The highest BCUT2D eigenvalue weighted by molar-refractivity contribution is 5.22. The van der Waals surface area contributed by atoms with Gasteiger partial charge >= 0.3 is 0 Å². The number of likely N-dealkylation sites (tertiary alicyclic amines) is 1. The molecule has 19 heavy (non-hydrogen) atoms. The zero-order valence-electron chi connectivity index (χ0n) is 11.4. The number of aliphatic hydroxyl groups excluding tert-OH is 1. The van der Waals surface area contributed by atoms with E-state index >= 15 is 0 Å². The zero-order chi connectivity index (χ0) is 13.7. The van der Waals surface area contributed by atoms with Crippen LogP contribution in [-0.4, -0.2) is 41.8 Å². The third-order valence-corrected chi connectivity index (χ3v) is 3.57. The maximum Gasteiger partial charge on any atom is 0.126 e. The monoisotopic (exact) mass is 267 g/mol. The first-order chi connectivity index (χ1) is 9.17. The molecule has 0 bridgehead atoms. The molecule has 1 aliphatic rings. The van der Waals surface area contributed by atoms with Crippen LogP contribution in [0.25, 0.3) is 0 Å². The molecule has 0 aromatic heterocycles. The molecular weight excluding hydrogens is 245 g/mol. The summed E-state index contributed by atoms with van der Waals surface area (Å²) in [4.78, 5) is 2.26. The zero-order valence-corrected chi connectivity index (χ0v) is 11.4. The lowest BCUT2D eigenvalue weighted by Crippen LogP contribution is -2.41. The van der Waals surface area contributed by atoms with Crippen molar-refractivity contribution in [2.45, 2.75) is 38.4 Å². The van der Waals surface area contributed by atoms with E-state index in [0.29, 0.717) is 5.75 Å². The molecule has 1 aliphatic heterocycles. The summed E-state index contributed by atoms with van der Waals surface area (Å²) in [7, 11) is 0. The minimum Gasteiger partial charge on any atom is -0.490 e. The molecule has 1 aromatic carbocycles. The first kappa shape index (κ1) is 14.3. The first-order valence-electron chi connectivity index (χ1n) is 7.00. The SMILES string of the molecule is CC[C@@H](O)CN1CCC(Oc2cccc(F)c2)CC1. The maximum atomic E-state index is 13.0. The average Bonchev–Trinajstić information content (AvgIpc) is 2.41. The summed E-state index contributed by atoms with van der Waals surface area (Å²) in [6, 6.07) is 6.29. The molecule has 0 aliphatic carbocycles. The van der Waals surface area contributed by atoms with Crippen molar-refractivity contribution in [3.05, 3.63) is 30.1 Å². The number of piperidine rings is 1. The van der Waals surface area contributed by atoms with Crippen LogP contribution >= 0.6 is 0 Å². The number of nitrogens with zero attached hydrogens (tertiary/aromatic N) is 1. The smallest absolute Gasteiger partial charge is 0.126 e. The van der Waals surface area contributed by atoms with Gasteiger partial charge in [0.2, 0.25) is 0 Å². The molecule has 106 valence electrons. The Kier molecular flexibility index (Phi) is 5.16. The highest BCUT2D eigenvalue weighted by Crippen LogP contribution is 2.20. The van der Waals surface area contributed by atoms with Crippen LogP contribution in [0.5, 0.6) is 5.75 Å². The van der Waals surface area contributed by atoms with Crippen LogP contribution in [0.15, 0.2) is 24.3 Å². The van der Waals surface area contributed by atoms with Gasteiger partial charge in [0.15, 0.2) is 0 Å². The molecule has 2 rings (SSSR count).